The Morgan fingerprint density at radius 1 is 1.39 bits per heavy atom. The van der Waals surface area contributed by atoms with E-state index in [4.69, 9.17) is 4.74 Å². The molecule has 1 aliphatic rings. The van der Waals surface area contributed by atoms with Gasteiger partial charge in [-0.1, -0.05) is 40.2 Å². The third kappa shape index (κ3) is 3.56. The maximum absolute atomic E-state index is 5.90. The maximum atomic E-state index is 5.90. The predicted molar refractivity (Wildman–Crippen MR) is 79.3 cm³/mol. The van der Waals surface area contributed by atoms with Crippen molar-refractivity contribution in [2.75, 3.05) is 18.5 Å². The molecule has 2 nitrogen and oxygen atoms in total. The van der Waals surface area contributed by atoms with Gasteiger partial charge in [0, 0.05) is 17.4 Å². The Labute approximate surface area is 118 Å². The van der Waals surface area contributed by atoms with Crippen LogP contribution in [0.1, 0.15) is 37.5 Å². The second-order valence-electron chi connectivity index (χ2n) is 5.51. The summed E-state index contributed by atoms with van der Waals surface area (Å²) in [4.78, 5) is 0. The fourth-order valence-electron chi connectivity index (χ4n) is 2.34. The lowest BCUT2D eigenvalue weighted by Gasteiger charge is -2.31. The third-order valence-corrected chi connectivity index (χ3v) is 3.97. The monoisotopic (exact) mass is 311 g/mol. The van der Waals surface area contributed by atoms with Gasteiger partial charge in [0.1, 0.15) is 0 Å². The number of hydrogen-bond acceptors (Lipinski definition) is 2. The molecule has 1 atom stereocenters. The van der Waals surface area contributed by atoms with Gasteiger partial charge in [-0.05, 0) is 37.8 Å². The first kappa shape index (κ1) is 14.0. The van der Waals surface area contributed by atoms with Crippen LogP contribution in [0.25, 0.3) is 0 Å². The molecular formula is C15H22BrNO. The Kier molecular flexibility index (Phi) is 4.82. The van der Waals surface area contributed by atoms with Crippen molar-refractivity contribution < 1.29 is 4.74 Å². The Morgan fingerprint density at radius 3 is 2.94 bits per heavy atom. The fourth-order valence-corrected chi connectivity index (χ4v) is 3.33. The van der Waals surface area contributed by atoms with Crippen LogP contribution < -0.4 is 5.32 Å². The molecule has 1 aliphatic heterocycles. The molecule has 0 bridgehead atoms. The lowest BCUT2D eigenvalue weighted by molar-refractivity contribution is 0.0377. The summed E-state index contributed by atoms with van der Waals surface area (Å²) in [7, 11) is 0. The fraction of sp³-hybridized carbons (Fsp3) is 0.600. The van der Waals surface area contributed by atoms with Crippen LogP contribution in [0.15, 0.2) is 24.3 Å². The minimum absolute atomic E-state index is 0.152. The summed E-state index contributed by atoms with van der Waals surface area (Å²) in [5.41, 5.74) is 2.94. The van der Waals surface area contributed by atoms with Gasteiger partial charge in [-0.2, -0.15) is 0 Å². The Hall–Kier alpha value is -0.380. The van der Waals surface area contributed by atoms with E-state index in [9.17, 15) is 0 Å². The van der Waals surface area contributed by atoms with Crippen molar-refractivity contribution in [1.82, 2.24) is 5.32 Å². The molecule has 100 valence electrons. The van der Waals surface area contributed by atoms with Gasteiger partial charge >= 0.3 is 0 Å². The van der Waals surface area contributed by atoms with Crippen molar-refractivity contribution in [3.8, 4) is 0 Å². The zero-order valence-electron chi connectivity index (χ0n) is 11.2. The molecule has 18 heavy (non-hydrogen) atoms. The molecule has 0 spiro atoms. The topological polar surface area (TPSA) is 21.3 Å². The lowest BCUT2D eigenvalue weighted by atomic mass is 9.96. The summed E-state index contributed by atoms with van der Waals surface area (Å²) in [5, 5.41) is 4.64. The Bertz CT molecular complexity index is 392. The first-order valence-corrected chi connectivity index (χ1v) is 7.75. The quantitative estimate of drug-likeness (QED) is 0.841. The van der Waals surface area contributed by atoms with E-state index in [2.05, 4.69) is 59.4 Å². The predicted octanol–water partition coefficient (Wildman–Crippen LogP) is 3.45. The summed E-state index contributed by atoms with van der Waals surface area (Å²) < 4.78 is 5.90. The van der Waals surface area contributed by atoms with E-state index in [1.54, 1.807) is 0 Å². The summed E-state index contributed by atoms with van der Waals surface area (Å²) in [6.07, 6.45) is 2.35. The number of rotatable bonds is 5. The molecule has 1 aromatic carbocycles. The van der Waals surface area contributed by atoms with Gasteiger partial charge in [-0.25, -0.2) is 0 Å². The molecule has 0 saturated carbocycles. The molecular weight excluding hydrogens is 290 g/mol. The van der Waals surface area contributed by atoms with Gasteiger partial charge in [-0.15, -0.1) is 0 Å². The van der Waals surface area contributed by atoms with Gasteiger partial charge in [0.25, 0.3) is 0 Å². The van der Waals surface area contributed by atoms with Crippen molar-refractivity contribution in [3.63, 3.8) is 0 Å². The summed E-state index contributed by atoms with van der Waals surface area (Å²) >= 11 is 3.51. The second-order valence-corrected chi connectivity index (χ2v) is 6.31. The largest absolute Gasteiger partial charge is 0.372 e. The normalized spacial score (nSPS) is 19.6. The molecule has 1 unspecified atom stereocenters. The van der Waals surface area contributed by atoms with E-state index in [1.165, 1.54) is 11.1 Å². The molecule has 2 rings (SSSR count). The van der Waals surface area contributed by atoms with Crippen LogP contribution >= 0.6 is 15.9 Å². The van der Waals surface area contributed by atoms with E-state index in [1.807, 2.05) is 0 Å². The van der Waals surface area contributed by atoms with E-state index in [0.717, 1.165) is 31.3 Å². The first-order valence-electron chi connectivity index (χ1n) is 6.63. The highest BCUT2D eigenvalue weighted by Crippen LogP contribution is 2.27. The van der Waals surface area contributed by atoms with Gasteiger partial charge in [0.2, 0.25) is 0 Å². The van der Waals surface area contributed by atoms with Crippen LogP contribution in [0.4, 0.5) is 0 Å². The highest BCUT2D eigenvalue weighted by atomic mass is 79.9. The molecule has 0 saturated heterocycles. The molecule has 0 aromatic heterocycles. The highest BCUT2D eigenvalue weighted by molar-refractivity contribution is 9.09. The zero-order chi connectivity index (χ0) is 13.0. The van der Waals surface area contributed by atoms with Crippen molar-refractivity contribution in [2.45, 2.75) is 38.3 Å². The number of hydrogen-bond donors (Lipinski definition) is 1. The Morgan fingerprint density at radius 2 is 2.17 bits per heavy atom. The molecule has 3 heteroatoms. The number of alkyl halides is 1. The van der Waals surface area contributed by atoms with E-state index < -0.39 is 0 Å². The minimum Gasteiger partial charge on any atom is -0.372 e. The average molecular weight is 312 g/mol. The molecule has 0 amide bonds. The van der Waals surface area contributed by atoms with Crippen molar-refractivity contribution in [2.24, 2.45) is 0 Å². The molecule has 1 heterocycles. The molecule has 1 N–H and O–H groups in total. The van der Waals surface area contributed by atoms with Gasteiger partial charge in [0.15, 0.2) is 0 Å². The summed E-state index contributed by atoms with van der Waals surface area (Å²) in [6, 6.07) is 8.63. The number of nitrogens with one attached hydrogen (secondary N) is 1. The van der Waals surface area contributed by atoms with E-state index in [-0.39, 0.29) is 11.6 Å². The van der Waals surface area contributed by atoms with E-state index in [0.29, 0.717) is 0 Å². The number of fused-ring (bicyclic) bond motifs is 1. The second kappa shape index (κ2) is 6.18. The number of halogens is 1. The maximum Gasteiger partial charge on any atom is 0.0952 e. The van der Waals surface area contributed by atoms with Crippen LogP contribution in [0.2, 0.25) is 0 Å². The van der Waals surface area contributed by atoms with Crippen LogP contribution in [-0.4, -0.2) is 24.0 Å². The smallest absolute Gasteiger partial charge is 0.0952 e. The van der Waals surface area contributed by atoms with Crippen molar-refractivity contribution in [1.29, 1.82) is 0 Å². The molecule has 1 aromatic rings. The summed E-state index contributed by atoms with van der Waals surface area (Å²) in [5.74, 6) is 0. The SMILES string of the molecule is CC(C)(CCBr)NCC1OCCc2ccccc21. The van der Waals surface area contributed by atoms with E-state index >= 15 is 0 Å². The van der Waals surface area contributed by atoms with Crippen LogP contribution in [0.3, 0.4) is 0 Å². The zero-order valence-corrected chi connectivity index (χ0v) is 12.8. The van der Waals surface area contributed by atoms with Gasteiger partial charge < -0.3 is 10.1 Å². The van der Waals surface area contributed by atoms with Gasteiger partial charge in [-0.3, -0.25) is 0 Å². The molecule has 0 fully saturated rings. The van der Waals surface area contributed by atoms with Gasteiger partial charge in [0.05, 0.1) is 12.7 Å². The lowest BCUT2D eigenvalue weighted by Crippen LogP contribution is -2.42. The standard InChI is InChI=1S/C15H22BrNO/c1-15(2,8-9-16)17-11-14-13-6-4-3-5-12(13)7-10-18-14/h3-6,14,17H,7-11H2,1-2H3. The van der Waals surface area contributed by atoms with Crippen LogP contribution in [-0.2, 0) is 11.2 Å². The first-order chi connectivity index (χ1) is 8.62. The summed E-state index contributed by atoms with van der Waals surface area (Å²) in [6.45, 7) is 6.20. The minimum atomic E-state index is 0.152. The third-order valence-electron chi connectivity index (χ3n) is 3.58. The average Bonchev–Trinajstić information content (AvgIpc) is 2.36. The van der Waals surface area contributed by atoms with Crippen LogP contribution in [0.5, 0.6) is 0 Å². The molecule has 0 aliphatic carbocycles. The Balaban J connectivity index is 1.99. The van der Waals surface area contributed by atoms with Crippen LogP contribution in [0, 0.1) is 0 Å². The number of ether oxygens (including phenoxy) is 1. The van der Waals surface area contributed by atoms with Crippen molar-refractivity contribution >= 4 is 15.9 Å². The number of benzene rings is 1. The molecule has 0 radical (unpaired) electrons. The van der Waals surface area contributed by atoms with Crippen molar-refractivity contribution in [3.05, 3.63) is 35.4 Å². The highest BCUT2D eigenvalue weighted by Gasteiger charge is 2.23.